The molecule has 3 heteroatoms. The summed E-state index contributed by atoms with van der Waals surface area (Å²) in [7, 11) is 1.98. The van der Waals surface area contributed by atoms with Crippen molar-refractivity contribution >= 4 is 22.5 Å². The highest BCUT2D eigenvalue weighted by atomic mass is 35.5. The molecule has 0 bridgehead atoms. The number of halogens is 1. The minimum atomic E-state index is 0.557. The van der Waals surface area contributed by atoms with E-state index in [9.17, 15) is 0 Å². The summed E-state index contributed by atoms with van der Waals surface area (Å²) >= 11 is 6.05. The van der Waals surface area contributed by atoms with Crippen molar-refractivity contribution in [1.82, 2.24) is 4.57 Å². The minimum Gasteiger partial charge on any atom is -0.349 e. The predicted octanol–water partition coefficient (Wildman–Crippen LogP) is 2.29. The molecule has 0 unspecified atom stereocenters. The third-order valence-electron chi connectivity index (χ3n) is 2.24. The van der Waals surface area contributed by atoms with Crippen LogP contribution in [0.15, 0.2) is 24.4 Å². The van der Waals surface area contributed by atoms with E-state index >= 15 is 0 Å². The molecule has 0 aliphatic heterocycles. The standard InChI is InChI=1S/C10H11ClN2/c1-13-6-9(11)8-4-7(5-12)2-3-10(8)13/h2-4,6H,5,12H2,1H3. The summed E-state index contributed by atoms with van der Waals surface area (Å²) < 4.78 is 2.01. The second-order valence-electron chi connectivity index (χ2n) is 3.14. The van der Waals surface area contributed by atoms with E-state index < -0.39 is 0 Å². The number of nitrogens with zero attached hydrogens (tertiary/aromatic N) is 1. The minimum absolute atomic E-state index is 0.557. The molecule has 0 atom stereocenters. The number of fused-ring (bicyclic) bond motifs is 1. The number of benzene rings is 1. The first-order chi connectivity index (χ1) is 6.22. The van der Waals surface area contributed by atoms with Crippen molar-refractivity contribution in [3.8, 4) is 0 Å². The third-order valence-corrected chi connectivity index (χ3v) is 2.54. The van der Waals surface area contributed by atoms with E-state index in [2.05, 4.69) is 0 Å². The molecule has 0 fully saturated rings. The van der Waals surface area contributed by atoms with Gasteiger partial charge < -0.3 is 10.3 Å². The fraction of sp³-hybridized carbons (Fsp3) is 0.200. The summed E-state index contributed by atoms with van der Waals surface area (Å²) in [6.45, 7) is 0.557. The Morgan fingerprint density at radius 1 is 1.46 bits per heavy atom. The molecule has 13 heavy (non-hydrogen) atoms. The average Bonchev–Trinajstić information content (AvgIpc) is 2.42. The van der Waals surface area contributed by atoms with Crippen molar-refractivity contribution in [3.63, 3.8) is 0 Å². The first kappa shape index (κ1) is 8.60. The summed E-state index contributed by atoms with van der Waals surface area (Å²) in [6.07, 6.45) is 1.91. The molecular weight excluding hydrogens is 184 g/mol. The lowest BCUT2D eigenvalue weighted by molar-refractivity contribution is 0.968. The zero-order valence-corrected chi connectivity index (χ0v) is 8.17. The molecule has 2 rings (SSSR count). The lowest BCUT2D eigenvalue weighted by Gasteiger charge is -1.98. The van der Waals surface area contributed by atoms with Crippen molar-refractivity contribution in [2.45, 2.75) is 6.54 Å². The van der Waals surface area contributed by atoms with Crippen molar-refractivity contribution in [2.75, 3.05) is 0 Å². The Hall–Kier alpha value is -0.990. The summed E-state index contributed by atoms with van der Waals surface area (Å²) in [4.78, 5) is 0. The van der Waals surface area contributed by atoms with Gasteiger partial charge in [0.2, 0.25) is 0 Å². The molecule has 68 valence electrons. The predicted molar refractivity (Wildman–Crippen MR) is 55.8 cm³/mol. The van der Waals surface area contributed by atoms with Gasteiger partial charge in [-0.1, -0.05) is 17.7 Å². The first-order valence-corrected chi connectivity index (χ1v) is 4.53. The molecule has 1 aromatic carbocycles. The highest BCUT2D eigenvalue weighted by Crippen LogP contribution is 2.25. The van der Waals surface area contributed by atoms with Crippen molar-refractivity contribution in [3.05, 3.63) is 35.0 Å². The van der Waals surface area contributed by atoms with Gasteiger partial charge in [-0.25, -0.2) is 0 Å². The normalized spacial score (nSPS) is 11.0. The molecule has 0 radical (unpaired) electrons. The Morgan fingerprint density at radius 3 is 2.92 bits per heavy atom. The molecule has 0 spiro atoms. The van der Waals surface area contributed by atoms with Gasteiger partial charge >= 0.3 is 0 Å². The van der Waals surface area contributed by atoms with Crippen LogP contribution in [0.4, 0.5) is 0 Å². The quantitative estimate of drug-likeness (QED) is 0.742. The molecule has 1 heterocycles. The van der Waals surface area contributed by atoms with Gasteiger partial charge in [-0.2, -0.15) is 0 Å². The van der Waals surface area contributed by atoms with E-state index in [0.29, 0.717) is 6.54 Å². The SMILES string of the molecule is Cn1cc(Cl)c2cc(CN)ccc21. The van der Waals surface area contributed by atoms with Crippen LogP contribution in [0.1, 0.15) is 5.56 Å². The number of hydrogen-bond acceptors (Lipinski definition) is 1. The van der Waals surface area contributed by atoms with Crippen LogP contribution >= 0.6 is 11.6 Å². The van der Waals surface area contributed by atoms with Crippen LogP contribution in [-0.4, -0.2) is 4.57 Å². The number of aryl methyl sites for hydroxylation is 1. The maximum absolute atomic E-state index is 6.05. The van der Waals surface area contributed by atoms with Crippen LogP contribution in [-0.2, 0) is 13.6 Å². The average molecular weight is 195 g/mol. The van der Waals surface area contributed by atoms with Crippen LogP contribution in [0, 0.1) is 0 Å². The third kappa shape index (κ3) is 1.32. The van der Waals surface area contributed by atoms with Crippen molar-refractivity contribution in [2.24, 2.45) is 12.8 Å². The van der Waals surface area contributed by atoms with E-state index in [0.717, 1.165) is 21.5 Å². The molecular formula is C10H11ClN2. The molecule has 0 aliphatic carbocycles. The Balaban J connectivity index is 2.76. The fourth-order valence-electron chi connectivity index (χ4n) is 1.52. The Labute approximate surface area is 81.9 Å². The van der Waals surface area contributed by atoms with Crippen molar-refractivity contribution in [1.29, 1.82) is 0 Å². The molecule has 1 aromatic heterocycles. The highest BCUT2D eigenvalue weighted by Gasteiger charge is 2.04. The van der Waals surface area contributed by atoms with Crippen LogP contribution in [0.3, 0.4) is 0 Å². The monoisotopic (exact) mass is 194 g/mol. The number of nitrogens with two attached hydrogens (primary N) is 1. The Kier molecular flexibility index (Phi) is 2.02. The number of aromatic nitrogens is 1. The lowest BCUT2D eigenvalue weighted by Crippen LogP contribution is -1.95. The van der Waals surface area contributed by atoms with Crippen LogP contribution < -0.4 is 5.73 Å². The van der Waals surface area contributed by atoms with Gasteiger partial charge in [0.25, 0.3) is 0 Å². The van der Waals surface area contributed by atoms with E-state index in [-0.39, 0.29) is 0 Å². The van der Waals surface area contributed by atoms with Crippen LogP contribution in [0.2, 0.25) is 5.02 Å². The second kappa shape index (κ2) is 3.05. The summed E-state index contributed by atoms with van der Waals surface area (Å²) in [5.74, 6) is 0. The number of hydrogen-bond donors (Lipinski definition) is 1. The molecule has 2 N–H and O–H groups in total. The Bertz CT molecular complexity index is 445. The molecule has 0 aliphatic rings. The highest BCUT2D eigenvalue weighted by molar-refractivity contribution is 6.35. The lowest BCUT2D eigenvalue weighted by atomic mass is 10.1. The van der Waals surface area contributed by atoms with Gasteiger partial charge in [0.1, 0.15) is 0 Å². The van der Waals surface area contributed by atoms with Gasteiger partial charge in [0.05, 0.1) is 5.02 Å². The van der Waals surface area contributed by atoms with Crippen LogP contribution in [0.25, 0.3) is 10.9 Å². The zero-order valence-electron chi connectivity index (χ0n) is 7.42. The van der Waals surface area contributed by atoms with Crippen LogP contribution in [0.5, 0.6) is 0 Å². The molecule has 0 saturated heterocycles. The summed E-state index contributed by atoms with van der Waals surface area (Å²) in [5.41, 5.74) is 7.80. The van der Waals surface area contributed by atoms with Gasteiger partial charge in [-0.05, 0) is 17.7 Å². The molecule has 0 saturated carbocycles. The van der Waals surface area contributed by atoms with E-state index in [1.54, 1.807) is 0 Å². The van der Waals surface area contributed by atoms with E-state index in [1.807, 2.05) is 36.0 Å². The molecule has 2 nitrogen and oxygen atoms in total. The summed E-state index contributed by atoms with van der Waals surface area (Å²) in [5, 5.41) is 1.86. The first-order valence-electron chi connectivity index (χ1n) is 4.16. The van der Waals surface area contributed by atoms with Gasteiger partial charge in [0.15, 0.2) is 0 Å². The zero-order chi connectivity index (χ0) is 9.42. The van der Waals surface area contributed by atoms with Crippen molar-refractivity contribution < 1.29 is 0 Å². The van der Waals surface area contributed by atoms with Gasteiger partial charge in [0, 0.05) is 30.7 Å². The maximum atomic E-state index is 6.05. The maximum Gasteiger partial charge on any atom is 0.0661 e. The van der Waals surface area contributed by atoms with E-state index in [1.165, 1.54) is 0 Å². The van der Waals surface area contributed by atoms with Gasteiger partial charge in [-0.3, -0.25) is 0 Å². The molecule has 2 aromatic rings. The second-order valence-corrected chi connectivity index (χ2v) is 3.55. The van der Waals surface area contributed by atoms with Gasteiger partial charge in [-0.15, -0.1) is 0 Å². The summed E-state index contributed by atoms with van der Waals surface area (Å²) in [6, 6.07) is 6.11. The van der Waals surface area contributed by atoms with E-state index in [4.69, 9.17) is 17.3 Å². The largest absolute Gasteiger partial charge is 0.349 e. The Morgan fingerprint density at radius 2 is 2.23 bits per heavy atom. The molecule has 0 amide bonds. The number of rotatable bonds is 1. The fourth-order valence-corrected chi connectivity index (χ4v) is 1.82. The topological polar surface area (TPSA) is 30.9 Å². The smallest absolute Gasteiger partial charge is 0.0661 e.